The second kappa shape index (κ2) is 12.6. The average Bonchev–Trinajstić information content (AvgIpc) is 3.52. The summed E-state index contributed by atoms with van der Waals surface area (Å²) in [4.78, 5) is 39.5. The molecule has 1 atom stereocenters. The number of nitrogens with one attached hydrogen (secondary N) is 2. The summed E-state index contributed by atoms with van der Waals surface area (Å²) in [7, 11) is 0. The van der Waals surface area contributed by atoms with Gasteiger partial charge in [0.15, 0.2) is 0 Å². The molecule has 1 fully saturated rings. The maximum absolute atomic E-state index is 13.0. The highest BCUT2D eigenvalue weighted by molar-refractivity contribution is 7.99. The summed E-state index contributed by atoms with van der Waals surface area (Å²) >= 11 is 1.70. The fraction of sp³-hybridized carbons (Fsp3) is 0.483. The zero-order valence-corrected chi connectivity index (χ0v) is 23.1. The molecule has 2 N–H and O–H groups in total. The highest BCUT2D eigenvalue weighted by atomic mass is 32.2. The summed E-state index contributed by atoms with van der Waals surface area (Å²) in [5.74, 6) is 1.46. The van der Waals surface area contributed by atoms with Crippen LogP contribution >= 0.6 is 11.8 Å². The first kappa shape index (κ1) is 27.8. The van der Waals surface area contributed by atoms with E-state index in [0.717, 1.165) is 5.75 Å². The summed E-state index contributed by atoms with van der Waals surface area (Å²) in [6, 6.07) is 15.8. The molecule has 1 aliphatic carbocycles. The van der Waals surface area contributed by atoms with Gasteiger partial charge in [0.25, 0.3) is 0 Å². The molecule has 2 aliphatic rings. The van der Waals surface area contributed by atoms with Crippen LogP contribution in [0.15, 0.2) is 48.5 Å². The van der Waals surface area contributed by atoms with Gasteiger partial charge in [-0.25, -0.2) is 9.59 Å². The van der Waals surface area contributed by atoms with Crippen molar-refractivity contribution in [3.63, 3.8) is 0 Å². The molecular formula is C29H37N3O5S. The predicted octanol–water partition coefficient (Wildman–Crippen LogP) is 5.12. The summed E-state index contributed by atoms with van der Waals surface area (Å²) < 4.78 is 10.9. The number of nitrogens with zero attached hydrogens (tertiary/aromatic N) is 1. The molecule has 0 saturated carbocycles. The number of alkyl carbamates (subject to hydrolysis) is 2. The number of amides is 3. The van der Waals surface area contributed by atoms with Crippen LogP contribution in [0.5, 0.6) is 0 Å². The minimum Gasteiger partial charge on any atom is -0.449 e. The third-order valence-electron chi connectivity index (χ3n) is 6.59. The lowest BCUT2D eigenvalue weighted by Crippen LogP contribution is -2.49. The van der Waals surface area contributed by atoms with Crippen LogP contribution in [0.4, 0.5) is 9.59 Å². The van der Waals surface area contributed by atoms with Gasteiger partial charge in [-0.3, -0.25) is 4.79 Å². The van der Waals surface area contributed by atoms with Crippen molar-refractivity contribution < 1.29 is 23.9 Å². The molecule has 1 heterocycles. The summed E-state index contributed by atoms with van der Waals surface area (Å²) in [5, 5.41) is 5.56. The highest BCUT2D eigenvalue weighted by Gasteiger charge is 2.30. The SMILES string of the molecule is CC(C)(C)OC(=O)NC(CCCCNC(=O)OCC1c2ccccc2-c2ccccc21)C(=O)N1CCSC1. The van der Waals surface area contributed by atoms with Gasteiger partial charge in [0, 0.05) is 24.8 Å². The van der Waals surface area contributed by atoms with E-state index in [-0.39, 0.29) is 18.4 Å². The van der Waals surface area contributed by atoms with Gasteiger partial charge in [-0.05, 0) is 62.3 Å². The molecule has 38 heavy (non-hydrogen) atoms. The van der Waals surface area contributed by atoms with Gasteiger partial charge in [0.2, 0.25) is 5.91 Å². The molecule has 204 valence electrons. The number of carbonyl (C=O) groups is 3. The smallest absolute Gasteiger partial charge is 0.408 e. The van der Waals surface area contributed by atoms with Gasteiger partial charge in [0.1, 0.15) is 18.2 Å². The van der Waals surface area contributed by atoms with Crippen molar-refractivity contribution in [2.75, 3.05) is 31.3 Å². The van der Waals surface area contributed by atoms with Crippen LogP contribution in [0.2, 0.25) is 0 Å². The molecule has 3 amide bonds. The van der Waals surface area contributed by atoms with Gasteiger partial charge in [-0.15, -0.1) is 11.8 Å². The molecule has 0 aromatic heterocycles. The molecule has 9 heteroatoms. The number of unbranched alkanes of at least 4 members (excludes halogenated alkanes) is 1. The normalized spacial score (nSPS) is 15.4. The molecule has 2 aromatic carbocycles. The highest BCUT2D eigenvalue weighted by Crippen LogP contribution is 2.44. The number of ether oxygens (including phenoxy) is 2. The maximum atomic E-state index is 13.0. The molecule has 0 radical (unpaired) electrons. The second-order valence-corrected chi connectivity index (χ2v) is 11.7. The van der Waals surface area contributed by atoms with Crippen LogP contribution in [-0.4, -0.2) is 66.0 Å². The fourth-order valence-electron chi connectivity index (χ4n) is 4.83. The molecular weight excluding hydrogens is 502 g/mol. The Kier molecular flexibility index (Phi) is 9.20. The van der Waals surface area contributed by atoms with E-state index in [1.54, 1.807) is 37.4 Å². The van der Waals surface area contributed by atoms with Crippen molar-refractivity contribution in [2.45, 2.75) is 57.6 Å². The first-order valence-corrected chi connectivity index (χ1v) is 14.3. The number of rotatable bonds is 9. The zero-order chi connectivity index (χ0) is 27.1. The molecule has 1 aliphatic heterocycles. The van der Waals surface area contributed by atoms with E-state index < -0.39 is 23.8 Å². The topological polar surface area (TPSA) is 97.0 Å². The first-order chi connectivity index (χ1) is 18.2. The van der Waals surface area contributed by atoms with E-state index in [9.17, 15) is 14.4 Å². The van der Waals surface area contributed by atoms with Crippen molar-refractivity contribution in [3.8, 4) is 11.1 Å². The minimum atomic E-state index is -0.655. The predicted molar refractivity (Wildman–Crippen MR) is 149 cm³/mol. The molecule has 2 aromatic rings. The Labute approximate surface area is 228 Å². The zero-order valence-electron chi connectivity index (χ0n) is 22.3. The Morgan fingerprint density at radius 1 is 1.00 bits per heavy atom. The second-order valence-electron chi connectivity index (χ2n) is 10.6. The largest absolute Gasteiger partial charge is 0.449 e. The quantitative estimate of drug-likeness (QED) is 0.429. The molecule has 1 saturated heterocycles. The van der Waals surface area contributed by atoms with Crippen molar-refractivity contribution in [1.29, 1.82) is 0 Å². The van der Waals surface area contributed by atoms with E-state index in [1.165, 1.54) is 22.3 Å². The Balaban J connectivity index is 1.22. The Bertz CT molecular complexity index is 1100. The lowest BCUT2D eigenvalue weighted by Gasteiger charge is -2.26. The Morgan fingerprint density at radius 2 is 1.66 bits per heavy atom. The van der Waals surface area contributed by atoms with Crippen molar-refractivity contribution in [1.82, 2.24) is 15.5 Å². The first-order valence-electron chi connectivity index (χ1n) is 13.2. The van der Waals surface area contributed by atoms with E-state index in [2.05, 4.69) is 34.9 Å². The fourth-order valence-corrected chi connectivity index (χ4v) is 5.78. The Morgan fingerprint density at radius 3 is 2.26 bits per heavy atom. The third kappa shape index (κ3) is 7.22. The number of hydrogen-bond donors (Lipinski definition) is 2. The van der Waals surface area contributed by atoms with E-state index in [4.69, 9.17) is 9.47 Å². The molecule has 0 spiro atoms. The number of carbonyl (C=O) groups excluding carboxylic acids is 3. The van der Waals surface area contributed by atoms with Crippen molar-refractivity contribution in [3.05, 3.63) is 59.7 Å². The molecule has 4 rings (SSSR count). The van der Waals surface area contributed by atoms with E-state index in [0.29, 0.717) is 38.2 Å². The Hall–Kier alpha value is -3.20. The number of thioether (sulfide) groups is 1. The van der Waals surface area contributed by atoms with Crippen molar-refractivity contribution in [2.24, 2.45) is 0 Å². The minimum absolute atomic E-state index is 0.0163. The van der Waals surface area contributed by atoms with Crippen LogP contribution in [0.1, 0.15) is 57.1 Å². The molecule has 8 nitrogen and oxygen atoms in total. The monoisotopic (exact) mass is 539 g/mol. The van der Waals surface area contributed by atoms with Gasteiger partial charge >= 0.3 is 12.2 Å². The standard InChI is InChI=1S/C29H37N3O5S/c1-29(2,3)37-28(35)31-25(26(33)32-16-17-38-19-32)14-8-9-15-30-27(34)36-18-24-22-12-6-4-10-20(22)21-11-5-7-13-23(21)24/h4-7,10-13,24-25H,8-9,14-19H2,1-3H3,(H,30,34)(H,31,35). The molecule has 0 bridgehead atoms. The van der Waals surface area contributed by atoms with Crippen LogP contribution in [0.3, 0.4) is 0 Å². The summed E-state index contributed by atoms with van der Waals surface area (Å²) in [6.45, 7) is 6.73. The van der Waals surface area contributed by atoms with Crippen LogP contribution < -0.4 is 10.6 Å². The summed E-state index contributed by atoms with van der Waals surface area (Å²) in [5.41, 5.74) is 4.08. The van der Waals surface area contributed by atoms with Gasteiger partial charge < -0.3 is 25.0 Å². The van der Waals surface area contributed by atoms with Crippen LogP contribution in [0, 0.1) is 0 Å². The molecule has 1 unspecified atom stereocenters. The third-order valence-corrected chi connectivity index (χ3v) is 7.55. The lowest BCUT2D eigenvalue weighted by molar-refractivity contribution is -0.132. The lowest BCUT2D eigenvalue weighted by atomic mass is 9.98. The van der Waals surface area contributed by atoms with Crippen molar-refractivity contribution >= 4 is 29.9 Å². The number of benzene rings is 2. The van der Waals surface area contributed by atoms with Gasteiger partial charge in [-0.1, -0.05) is 48.5 Å². The van der Waals surface area contributed by atoms with Gasteiger partial charge in [-0.2, -0.15) is 0 Å². The maximum Gasteiger partial charge on any atom is 0.408 e. The van der Waals surface area contributed by atoms with E-state index in [1.807, 2.05) is 24.3 Å². The summed E-state index contributed by atoms with van der Waals surface area (Å²) in [6.07, 6.45) is 0.709. The number of fused-ring (bicyclic) bond motifs is 3. The van der Waals surface area contributed by atoms with Crippen LogP contribution in [-0.2, 0) is 14.3 Å². The van der Waals surface area contributed by atoms with Crippen LogP contribution in [0.25, 0.3) is 11.1 Å². The van der Waals surface area contributed by atoms with E-state index >= 15 is 0 Å². The van der Waals surface area contributed by atoms with Gasteiger partial charge in [0.05, 0.1) is 5.88 Å². The number of hydrogen-bond acceptors (Lipinski definition) is 6. The average molecular weight is 540 g/mol.